The van der Waals surface area contributed by atoms with Crippen LogP contribution in [0.15, 0.2) is 40.9 Å². The van der Waals surface area contributed by atoms with E-state index in [0.717, 1.165) is 36.6 Å². The molecule has 1 aliphatic rings. The molecule has 3 aromatic rings. The second kappa shape index (κ2) is 7.21. The van der Waals surface area contributed by atoms with Gasteiger partial charge in [0.1, 0.15) is 5.52 Å². The van der Waals surface area contributed by atoms with Crippen molar-refractivity contribution in [2.24, 2.45) is 13.0 Å². The minimum atomic E-state index is 0.405. The van der Waals surface area contributed by atoms with Gasteiger partial charge in [0.2, 0.25) is 5.89 Å². The van der Waals surface area contributed by atoms with E-state index in [4.69, 9.17) is 4.42 Å². The molecule has 4 rings (SSSR count). The van der Waals surface area contributed by atoms with Gasteiger partial charge in [-0.05, 0) is 57.6 Å². The number of para-hydroxylation sites is 2. The summed E-state index contributed by atoms with van der Waals surface area (Å²) < 4.78 is 7.90. The predicted molar refractivity (Wildman–Crippen MR) is 102 cm³/mol. The van der Waals surface area contributed by atoms with Crippen LogP contribution in [0.2, 0.25) is 0 Å². The maximum atomic E-state index is 5.89. The third-order valence-electron chi connectivity index (χ3n) is 5.46. The van der Waals surface area contributed by atoms with E-state index in [9.17, 15) is 0 Å². The molecule has 0 amide bonds. The summed E-state index contributed by atoms with van der Waals surface area (Å²) in [6.07, 6.45) is 4.38. The first-order chi connectivity index (χ1) is 12.6. The van der Waals surface area contributed by atoms with Crippen molar-refractivity contribution in [2.75, 3.05) is 27.2 Å². The standard InChI is InChI=1S/C20H27N5O/c1-23(14-19-22-16-8-4-5-9-18(16)26-19)13-15-7-6-12-24(2)20(15)17-10-11-21-25(17)3/h4-5,8-11,15,20H,6-7,12-14H2,1-3H3/t15-,20+/m0/s1. The van der Waals surface area contributed by atoms with Gasteiger partial charge in [0, 0.05) is 19.8 Å². The van der Waals surface area contributed by atoms with Crippen molar-refractivity contribution < 1.29 is 4.42 Å². The van der Waals surface area contributed by atoms with E-state index >= 15 is 0 Å². The first kappa shape index (κ1) is 17.2. The third kappa shape index (κ3) is 3.39. The van der Waals surface area contributed by atoms with E-state index in [2.05, 4.69) is 40.0 Å². The molecule has 0 unspecified atom stereocenters. The summed E-state index contributed by atoms with van der Waals surface area (Å²) in [4.78, 5) is 9.41. The van der Waals surface area contributed by atoms with Crippen LogP contribution in [-0.4, -0.2) is 51.7 Å². The highest BCUT2D eigenvalue weighted by Crippen LogP contribution is 2.35. The number of rotatable bonds is 5. The lowest BCUT2D eigenvalue weighted by atomic mass is 9.87. The van der Waals surface area contributed by atoms with E-state index < -0.39 is 0 Å². The van der Waals surface area contributed by atoms with E-state index in [1.807, 2.05) is 42.2 Å². The van der Waals surface area contributed by atoms with Crippen molar-refractivity contribution in [3.8, 4) is 0 Å². The van der Waals surface area contributed by atoms with Crippen molar-refractivity contribution >= 4 is 11.1 Å². The lowest BCUT2D eigenvalue weighted by molar-refractivity contribution is 0.0852. The quantitative estimate of drug-likeness (QED) is 0.705. The van der Waals surface area contributed by atoms with Crippen LogP contribution in [0.4, 0.5) is 0 Å². The van der Waals surface area contributed by atoms with Crippen LogP contribution in [0.1, 0.15) is 30.5 Å². The number of hydrogen-bond acceptors (Lipinski definition) is 5. The first-order valence-corrected chi connectivity index (χ1v) is 9.33. The molecule has 6 heteroatoms. The maximum absolute atomic E-state index is 5.89. The Morgan fingerprint density at radius 1 is 1.23 bits per heavy atom. The molecule has 0 saturated carbocycles. The normalized spacial score (nSPS) is 21.7. The number of likely N-dealkylation sites (tertiary alicyclic amines) is 1. The van der Waals surface area contributed by atoms with Crippen LogP contribution in [0.5, 0.6) is 0 Å². The maximum Gasteiger partial charge on any atom is 0.209 e. The van der Waals surface area contributed by atoms with E-state index in [0.29, 0.717) is 12.0 Å². The number of nitrogens with zero attached hydrogens (tertiary/aromatic N) is 5. The molecule has 0 spiro atoms. The highest BCUT2D eigenvalue weighted by Gasteiger charge is 2.33. The lowest BCUT2D eigenvalue weighted by Gasteiger charge is -2.40. The van der Waals surface area contributed by atoms with Crippen molar-refractivity contribution in [3.63, 3.8) is 0 Å². The molecule has 1 aromatic carbocycles. The Balaban J connectivity index is 1.48. The van der Waals surface area contributed by atoms with Gasteiger partial charge in [-0.15, -0.1) is 0 Å². The minimum Gasteiger partial charge on any atom is -0.439 e. The second-order valence-corrected chi connectivity index (χ2v) is 7.48. The molecule has 0 aliphatic carbocycles. The molecule has 1 fully saturated rings. The van der Waals surface area contributed by atoms with Gasteiger partial charge in [-0.2, -0.15) is 5.10 Å². The summed E-state index contributed by atoms with van der Waals surface area (Å²) in [6, 6.07) is 10.5. The molecule has 0 N–H and O–H groups in total. The van der Waals surface area contributed by atoms with Crippen molar-refractivity contribution in [2.45, 2.75) is 25.4 Å². The highest BCUT2D eigenvalue weighted by molar-refractivity contribution is 5.72. The molecule has 0 bridgehead atoms. The van der Waals surface area contributed by atoms with Crippen LogP contribution in [-0.2, 0) is 13.6 Å². The molecule has 3 heterocycles. The van der Waals surface area contributed by atoms with Crippen molar-refractivity contribution in [1.29, 1.82) is 0 Å². The minimum absolute atomic E-state index is 0.405. The molecule has 2 atom stereocenters. The zero-order chi connectivity index (χ0) is 18.1. The van der Waals surface area contributed by atoms with Gasteiger partial charge in [0.05, 0.1) is 18.3 Å². The fourth-order valence-corrected chi connectivity index (χ4v) is 4.28. The van der Waals surface area contributed by atoms with Crippen LogP contribution < -0.4 is 0 Å². The summed E-state index contributed by atoms with van der Waals surface area (Å²) in [5.41, 5.74) is 3.09. The predicted octanol–water partition coefficient (Wildman–Crippen LogP) is 3.08. The summed E-state index contributed by atoms with van der Waals surface area (Å²) in [5.74, 6) is 1.36. The Bertz CT molecular complexity index is 837. The molecule has 26 heavy (non-hydrogen) atoms. The number of piperidine rings is 1. The molecule has 1 aliphatic heterocycles. The molecular weight excluding hydrogens is 326 g/mol. The Kier molecular flexibility index (Phi) is 4.78. The van der Waals surface area contributed by atoms with Crippen LogP contribution in [0.3, 0.4) is 0 Å². The van der Waals surface area contributed by atoms with Gasteiger partial charge in [0.25, 0.3) is 0 Å². The first-order valence-electron chi connectivity index (χ1n) is 9.33. The monoisotopic (exact) mass is 353 g/mol. The molecule has 0 radical (unpaired) electrons. The van der Waals surface area contributed by atoms with Crippen molar-refractivity contribution in [3.05, 3.63) is 48.1 Å². The molecule has 138 valence electrons. The third-order valence-corrected chi connectivity index (χ3v) is 5.46. The van der Waals surface area contributed by atoms with Crippen LogP contribution >= 0.6 is 0 Å². The lowest BCUT2D eigenvalue weighted by Crippen LogP contribution is -2.41. The van der Waals surface area contributed by atoms with E-state index in [1.165, 1.54) is 18.5 Å². The van der Waals surface area contributed by atoms with Gasteiger partial charge >= 0.3 is 0 Å². The fourth-order valence-electron chi connectivity index (χ4n) is 4.28. The SMILES string of the molecule is CN(Cc1nc2ccccc2o1)C[C@@H]1CCCN(C)[C@H]1c1ccnn1C. The van der Waals surface area contributed by atoms with Crippen LogP contribution in [0, 0.1) is 5.92 Å². The average molecular weight is 353 g/mol. The Hall–Kier alpha value is -2.18. The summed E-state index contributed by atoms with van der Waals surface area (Å²) in [7, 11) is 6.42. The highest BCUT2D eigenvalue weighted by atomic mass is 16.3. The summed E-state index contributed by atoms with van der Waals surface area (Å²) in [6.45, 7) is 2.88. The Morgan fingerprint density at radius 2 is 2.08 bits per heavy atom. The van der Waals surface area contributed by atoms with Crippen molar-refractivity contribution in [1.82, 2.24) is 24.6 Å². The Morgan fingerprint density at radius 3 is 2.85 bits per heavy atom. The van der Waals surface area contributed by atoms with E-state index in [-0.39, 0.29) is 0 Å². The number of oxazole rings is 1. The van der Waals surface area contributed by atoms with Gasteiger partial charge in [-0.3, -0.25) is 14.5 Å². The molecule has 2 aromatic heterocycles. The summed E-state index contributed by atoms with van der Waals surface area (Å²) in [5, 5.41) is 4.38. The van der Waals surface area contributed by atoms with E-state index in [1.54, 1.807) is 0 Å². The molecule has 6 nitrogen and oxygen atoms in total. The second-order valence-electron chi connectivity index (χ2n) is 7.48. The molecular formula is C20H27N5O. The Labute approximate surface area is 154 Å². The van der Waals surface area contributed by atoms with Gasteiger partial charge < -0.3 is 4.42 Å². The fraction of sp³-hybridized carbons (Fsp3) is 0.500. The smallest absolute Gasteiger partial charge is 0.209 e. The summed E-state index contributed by atoms with van der Waals surface area (Å²) >= 11 is 0. The van der Waals surface area contributed by atoms with Gasteiger partial charge in [-0.25, -0.2) is 4.98 Å². The number of benzene rings is 1. The van der Waals surface area contributed by atoms with Gasteiger partial charge in [0.15, 0.2) is 5.58 Å². The topological polar surface area (TPSA) is 50.3 Å². The van der Waals surface area contributed by atoms with Crippen LogP contribution in [0.25, 0.3) is 11.1 Å². The zero-order valence-electron chi connectivity index (χ0n) is 15.8. The number of aromatic nitrogens is 3. The zero-order valence-corrected chi connectivity index (χ0v) is 15.8. The number of aryl methyl sites for hydroxylation is 1. The average Bonchev–Trinajstić information content (AvgIpc) is 3.20. The number of fused-ring (bicyclic) bond motifs is 1. The molecule has 1 saturated heterocycles. The van der Waals surface area contributed by atoms with Gasteiger partial charge in [-0.1, -0.05) is 12.1 Å². The largest absolute Gasteiger partial charge is 0.439 e. The number of hydrogen-bond donors (Lipinski definition) is 0.